The van der Waals surface area contributed by atoms with Crippen LogP contribution in [0, 0.1) is 0 Å². The first-order valence-corrected chi connectivity index (χ1v) is 6.23. The Morgan fingerprint density at radius 3 is 1.94 bits per heavy atom. The van der Waals surface area contributed by atoms with Gasteiger partial charge in [0.2, 0.25) is 0 Å². The Morgan fingerprint density at radius 1 is 0.778 bits per heavy atom. The summed E-state index contributed by atoms with van der Waals surface area (Å²) in [6.45, 7) is 10.5. The molecule has 0 unspecified atom stereocenters. The lowest BCUT2D eigenvalue weighted by atomic mass is 10.1. The third-order valence-electron chi connectivity index (χ3n) is 2.59. The van der Waals surface area contributed by atoms with Gasteiger partial charge in [0.05, 0.1) is 0 Å². The summed E-state index contributed by atoms with van der Waals surface area (Å²) in [4.78, 5) is 3.92. The van der Waals surface area contributed by atoms with E-state index in [1.165, 1.54) is 22.3 Å². The van der Waals surface area contributed by atoms with E-state index in [9.17, 15) is 0 Å². The highest BCUT2D eigenvalue weighted by atomic mass is 14.6. The van der Waals surface area contributed by atoms with Gasteiger partial charge in [-0.2, -0.15) is 0 Å². The van der Waals surface area contributed by atoms with Crippen LogP contribution in [-0.4, -0.2) is 13.3 Å². The van der Waals surface area contributed by atoms with Crippen molar-refractivity contribution in [1.29, 1.82) is 0 Å². The van der Waals surface area contributed by atoms with Gasteiger partial charge in [-0.3, -0.25) is 4.99 Å². The fourth-order valence-corrected chi connectivity index (χ4v) is 1.08. The molecular weight excluding hydrogens is 218 g/mol. The number of nitrogens with zero attached hydrogens (tertiary/aromatic N) is 1. The minimum absolute atomic E-state index is 1.19. The van der Waals surface area contributed by atoms with E-state index >= 15 is 0 Å². The Labute approximate surface area is 112 Å². The summed E-state index contributed by atoms with van der Waals surface area (Å²) < 4.78 is 0. The molecule has 0 heterocycles. The van der Waals surface area contributed by atoms with Crippen LogP contribution < -0.4 is 0 Å². The first kappa shape index (κ1) is 16.4. The molecule has 18 heavy (non-hydrogen) atoms. The zero-order valence-corrected chi connectivity index (χ0v) is 12.5. The highest BCUT2D eigenvalue weighted by Gasteiger charge is 1.85. The Morgan fingerprint density at radius 2 is 1.39 bits per heavy atom. The van der Waals surface area contributed by atoms with Crippen LogP contribution in [0.4, 0.5) is 0 Å². The lowest BCUT2D eigenvalue weighted by Crippen LogP contribution is -1.75. The molecule has 0 spiro atoms. The second-order valence-electron chi connectivity index (χ2n) is 4.60. The predicted octanol–water partition coefficient (Wildman–Crippen LogP) is 5.05. The highest BCUT2D eigenvalue weighted by molar-refractivity contribution is 5.72. The molecule has 1 nitrogen and oxygen atoms in total. The first-order valence-electron chi connectivity index (χ1n) is 6.23. The molecule has 0 amide bonds. The van der Waals surface area contributed by atoms with E-state index in [2.05, 4.69) is 70.0 Å². The van der Waals surface area contributed by atoms with Crippen LogP contribution in [0.25, 0.3) is 0 Å². The molecule has 0 aromatic rings. The number of allylic oxidation sites excluding steroid dienone is 10. The molecular formula is C17H25N. The second kappa shape index (κ2) is 9.41. The SMILES string of the molecule is CN=C/C=C(C)/C=C\C=C(C)\C=C\C(C)=C(C)C. The van der Waals surface area contributed by atoms with Gasteiger partial charge in [-0.05, 0) is 46.3 Å². The molecule has 0 aromatic heterocycles. The van der Waals surface area contributed by atoms with Crippen molar-refractivity contribution in [3.05, 3.63) is 58.7 Å². The summed E-state index contributed by atoms with van der Waals surface area (Å²) in [5.74, 6) is 0. The first-order chi connectivity index (χ1) is 8.47. The van der Waals surface area contributed by atoms with Crippen molar-refractivity contribution in [1.82, 2.24) is 0 Å². The quantitative estimate of drug-likeness (QED) is 0.473. The van der Waals surface area contributed by atoms with Gasteiger partial charge in [0.25, 0.3) is 0 Å². The van der Waals surface area contributed by atoms with Gasteiger partial charge in [0.15, 0.2) is 0 Å². The molecule has 0 aliphatic rings. The van der Waals surface area contributed by atoms with Gasteiger partial charge in [-0.1, -0.05) is 47.1 Å². The summed E-state index contributed by atoms with van der Waals surface area (Å²) in [6.07, 6.45) is 14.3. The van der Waals surface area contributed by atoms with Crippen LogP contribution in [0.1, 0.15) is 34.6 Å². The minimum Gasteiger partial charge on any atom is -0.297 e. The molecule has 0 radical (unpaired) electrons. The van der Waals surface area contributed by atoms with Crippen molar-refractivity contribution in [3.63, 3.8) is 0 Å². The molecule has 0 saturated carbocycles. The maximum absolute atomic E-state index is 3.92. The lowest BCUT2D eigenvalue weighted by molar-refractivity contribution is 1.29. The smallest absolute Gasteiger partial charge is 0.0277 e. The van der Waals surface area contributed by atoms with Crippen LogP contribution in [-0.2, 0) is 0 Å². The van der Waals surface area contributed by atoms with Gasteiger partial charge >= 0.3 is 0 Å². The predicted molar refractivity (Wildman–Crippen MR) is 84.3 cm³/mol. The van der Waals surface area contributed by atoms with E-state index in [4.69, 9.17) is 0 Å². The summed E-state index contributed by atoms with van der Waals surface area (Å²) in [7, 11) is 1.77. The van der Waals surface area contributed by atoms with Crippen molar-refractivity contribution >= 4 is 6.21 Å². The van der Waals surface area contributed by atoms with Crippen molar-refractivity contribution in [2.45, 2.75) is 34.6 Å². The number of hydrogen-bond acceptors (Lipinski definition) is 1. The average Bonchev–Trinajstić information content (AvgIpc) is 2.33. The van der Waals surface area contributed by atoms with E-state index in [0.717, 1.165) is 0 Å². The fourth-order valence-electron chi connectivity index (χ4n) is 1.08. The number of aliphatic imine (C=N–C) groups is 1. The van der Waals surface area contributed by atoms with Crippen LogP contribution in [0.3, 0.4) is 0 Å². The average molecular weight is 243 g/mol. The molecule has 0 aromatic carbocycles. The van der Waals surface area contributed by atoms with Gasteiger partial charge in [0.1, 0.15) is 0 Å². The van der Waals surface area contributed by atoms with E-state index in [1.54, 1.807) is 13.3 Å². The zero-order valence-electron chi connectivity index (χ0n) is 12.5. The van der Waals surface area contributed by atoms with Crippen molar-refractivity contribution in [2.24, 2.45) is 4.99 Å². The Bertz CT molecular complexity index is 423. The molecule has 98 valence electrons. The Kier molecular flexibility index (Phi) is 8.55. The van der Waals surface area contributed by atoms with Crippen LogP contribution in [0.15, 0.2) is 63.7 Å². The van der Waals surface area contributed by atoms with Gasteiger partial charge < -0.3 is 0 Å². The van der Waals surface area contributed by atoms with E-state index in [-0.39, 0.29) is 0 Å². The molecule has 0 saturated heterocycles. The van der Waals surface area contributed by atoms with Crippen molar-refractivity contribution < 1.29 is 0 Å². The molecule has 0 fully saturated rings. The maximum atomic E-state index is 3.92. The molecule has 0 N–H and O–H groups in total. The Balaban J connectivity index is 4.54. The van der Waals surface area contributed by atoms with Crippen LogP contribution >= 0.6 is 0 Å². The fraction of sp³-hybridized carbons (Fsp3) is 0.353. The van der Waals surface area contributed by atoms with Gasteiger partial charge in [-0.15, -0.1) is 0 Å². The number of hydrogen-bond donors (Lipinski definition) is 0. The van der Waals surface area contributed by atoms with Crippen molar-refractivity contribution in [2.75, 3.05) is 7.05 Å². The number of rotatable bonds is 5. The van der Waals surface area contributed by atoms with E-state index < -0.39 is 0 Å². The molecule has 1 heteroatoms. The molecule has 0 bridgehead atoms. The molecule has 0 atom stereocenters. The molecule has 0 aliphatic heterocycles. The summed E-state index contributed by atoms with van der Waals surface area (Å²) >= 11 is 0. The largest absolute Gasteiger partial charge is 0.297 e. The minimum atomic E-state index is 1.19. The third-order valence-corrected chi connectivity index (χ3v) is 2.59. The standard InChI is InChI=1S/C17H25N/c1-14(2)17(5)11-10-15(3)8-7-9-16(4)12-13-18-6/h7-13H,1-6H3/b9-7-,11-10+,15-8+,16-12+,18-13?. The highest BCUT2D eigenvalue weighted by Crippen LogP contribution is 2.06. The normalized spacial score (nSPS) is 14.1. The molecule has 0 rings (SSSR count). The zero-order chi connectivity index (χ0) is 14.0. The van der Waals surface area contributed by atoms with Crippen molar-refractivity contribution in [3.8, 4) is 0 Å². The maximum Gasteiger partial charge on any atom is 0.0277 e. The lowest BCUT2D eigenvalue weighted by Gasteiger charge is -1.95. The van der Waals surface area contributed by atoms with Crippen LogP contribution in [0.2, 0.25) is 0 Å². The second-order valence-corrected chi connectivity index (χ2v) is 4.60. The van der Waals surface area contributed by atoms with Crippen LogP contribution in [0.5, 0.6) is 0 Å². The Hall–Kier alpha value is -1.63. The van der Waals surface area contributed by atoms with Gasteiger partial charge in [-0.25, -0.2) is 0 Å². The van der Waals surface area contributed by atoms with E-state index in [0.29, 0.717) is 0 Å². The van der Waals surface area contributed by atoms with Gasteiger partial charge in [0, 0.05) is 13.3 Å². The topological polar surface area (TPSA) is 12.4 Å². The summed E-state index contributed by atoms with van der Waals surface area (Å²) in [5, 5.41) is 0. The summed E-state index contributed by atoms with van der Waals surface area (Å²) in [6, 6.07) is 0. The molecule has 0 aliphatic carbocycles. The van der Waals surface area contributed by atoms with E-state index in [1.807, 2.05) is 6.08 Å². The summed E-state index contributed by atoms with van der Waals surface area (Å²) in [5.41, 5.74) is 5.10. The third kappa shape index (κ3) is 8.51. The monoisotopic (exact) mass is 243 g/mol.